The molecule has 2 N–H and O–H groups in total. The standard InChI is InChI=1S/C9H8BrN3S/c10-7-3-6(4-12-5-7)8(11)9-13-1-2-14-9/h1-5,8H,11H2. The maximum Gasteiger partial charge on any atom is 0.114 e. The summed E-state index contributed by atoms with van der Waals surface area (Å²) in [6.45, 7) is 0. The normalized spacial score (nSPS) is 12.7. The minimum Gasteiger partial charge on any atom is -0.318 e. The van der Waals surface area contributed by atoms with E-state index in [0.717, 1.165) is 15.0 Å². The van der Waals surface area contributed by atoms with Crippen molar-refractivity contribution in [2.24, 2.45) is 5.73 Å². The molecule has 2 aromatic rings. The fourth-order valence-electron chi connectivity index (χ4n) is 1.13. The Morgan fingerprint density at radius 2 is 2.29 bits per heavy atom. The summed E-state index contributed by atoms with van der Waals surface area (Å²) < 4.78 is 0.932. The molecule has 0 fully saturated rings. The molecule has 14 heavy (non-hydrogen) atoms. The van der Waals surface area contributed by atoms with Gasteiger partial charge in [-0.1, -0.05) is 0 Å². The van der Waals surface area contributed by atoms with Gasteiger partial charge in [0.05, 0.1) is 6.04 Å². The van der Waals surface area contributed by atoms with Crippen molar-refractivity contribution in [2.75, 3.05) is 0 Å². The van der Waals surface area contributed by atoms with Gasteiger partial charge in [-0.3, -0.25) is 4.98 Å². The highest BCUT2D eigenvalue weighted by Crippen LogP contribution is 2.22. The van der Waals surface area contributed by atoms with Crippen LogP contribution in [0.25, 0.3) is 0 Å². The average molecular weight is 270 g/mol. The van der Waals surface area contributed by atoms with Gasteiger partial charge in [-0.05, 0) is 27.6 Å². The maximum atomic E-state index is 6.02. The third-order valence-corrected chi connectivity index (χ3v) is 3.09. The van der Waals surface area contributed by atoms with Gasteiger partial charge in [0.15, 0.2) is 0 Å². The SMILES string of the molecule is NC(c1cncc(Br)c1)c1nccs1. The highest BCUT2D eigenvalue weighted by atomic mass is 79.9. The van der Waals surface area contributed by atoms with E-state index >= 15 is 0 Å². The molecule has 0 amide bonds. The Bertz CT molecular complexity index is 416. The smallest absolute Gasteiger partial charge is 0.114 e. The van der Waals surface area contributed by atoms with Crippen LogP contribution < -0.4 is 5.73 Å². The first-order valence-corrected chi connectivity index (χ1v) is 5.70. The van der Waals surface area contributed by atoms with E-state index in [1.807, 2.05) is 11.4 Å². The molecule has 72 valence electrons. The third-order valence-electron chi connectivity index (χ3n) is 1.80. The second-order valence-corrected chi connectivity index (χ2v) is 4.63. The van der Waals surface area contributed by atoms with E-state index in [-0.39, 0.29) is 6.04 Å². The van der Waals surface area contributed by atoms with Crippen molar-refractivity contribution < 1.29 is 0 Å². The minimum absolute atomic E-state index is 0.181. The van der Waals surface area contributed by atoms with Gasteiger partial charge < -0.3 is 5.73 Å². The van der Waals surface area contributed by atoms with Gasteiger partial charge in [0.1, 0.15) is 5.01 Å². The summed E-state index contributed by atoms with van der Waals surface area (Å²) in [6.07, 6.45) is 5.25. The Morgan fingerprint density at radius 3 is 2.93 bits per heavy atom. The number of nitrogens with zero attached hydrogens (tertiary/aromatic N) is 2. The molecule has 0 aliphatic heterocycles. The van der Waals surface area contributed by atoms with Crippen molar-refractivity contribution in [3.05, 3.63) is 45.1 Å². The first kappa shape index (κ1) is 9.76. The maximum absolute atomic E-state index is 6.02. The molecule has 2 aromatic heterocycles. The average Bonchev–Trinajstić information content (AvgIpc) is 2.69. The first-order chi connectivity index (χ1) is 6.77. The molecule has 0 bridgehead atoms. The number of hydrogen-bond donors (Lipinski definition) is 1. The number of halogens is 1. The van der Waals surface area contributed by atoms with Crippen LogP contribution in [0.2, 0.25) is 0 Å². The molecule has 0 aliphatic rings. The number of pyridine rings is 1. The zero-order valence-corrected chi connectivity index (χ0v) is 9.62. The number of nitrogens with two attached hydrogens (primary N) is 1. The highest BCUT2D eigenvalue weighted by molar-refractivity contribution is 9.10. The molecule has 2 heterocycles. The number of hydrogen-bond acceptors (Lipinski definition) is 4. The lowest BCUT2D eigenvalue weighted by molar-refractivity contribution is 0.849. The number of thiazole rings is 1. The van der Waals surface area contributed by atoms with Gasteiger partial charge in [0.25, 0.3) is 0 Å². The van der Waals surface area contributed by atoms with E-state index in [1.54, 1.807) is 29.9 Å². The summed E-state index contributed by atoms with van der Waals surface area (Å²) >= 11 is 4.91. The van der Waals surface area contributed by atoms with Gasteiger partial charge in [0.2, 0.25) is 0 Å². The van der Waals surface area contributed by atoms with Crippen LogP contribution >= 0.6 is 27.3 Å². The van der Waals surface area contributed by atoms with E-state index in [2.05, 4.69) is 25.9 Å². The van der Waals surface area contributed by atoms with Gasteiger partial charge in [-0.2, -0.15) is 0 Å². The summed E-state index contributed by atoms with van der Waals surface area (Å²) in [5.41, 5.74) is 6.98. The zero-order chi connectivity index (χ0) is 9.97. The molecule has 0 radical (unpaired) electrons. The molecule has 1 unspecified atom stereocenters. The highest BCUT2D eigenvalue weighted by Gasteiger charge is 2.11. The molecule has 0 aromatic carbocycles. The van der Waals surface area contributed by atoms with Crippen LogP contribution in [0.1, 0.15) is 16.6 Å². The molecule has 0 aliphatic carbocycles. The van der Waals surface area contributed by atoms with Crippen molar-refractivity contribution in [1.29, 1.82) is 0 Å². The van der Waals surface area contributed by atoms with Gasteiger partial charge >= 0.3 is 0 Å². The fourth-order valence-corrected chi connectivity index (χ4v) is 2.18. The summed E-state index contributed by atoms with van der Waals surface area (Å²) in [6, 6.07) is 1.78. The minimum atomic E-state index is -0.181. The molecular weight excluding hydrogens is 262 g/mol. The van der Waals surface area contributed by atoms with Crippen LogP contribution in [-0.2, 0) is 0 Å². The largest absolute Gasteiger partial charge is 0.318 e. The van der Waals surface area contributed by atoms with Gasteiger partial charge in [-0.25, -0.2) is 4.98 Å². The zero-order valence-electron chi connectivity index (χ0n) is 7.22. The predicted octanol–water partition coefficient (Wildman–Crippen LogP) is 2.35. The van der Waals surface area contributed by atoms with E-state index < -0.39 is 0 Å². The second kappa shape index (κ2) is 4.16. The lowest BCUT2D eigenvalue weighted by Crippen LogP contribution is -2.11. The van der Waals surface area contributed by atoms with E-state index in [4.69, 9.17) is 5.73 Å². The van der Waals surface area contributed by atoms with Gasteiger partial charge in [-0.15, -0.1) is 11.3 Å². The second-order valence-electron chi connectivity index (χ2n) is 2.78. The lowest BCUT2D eigenvalue weighted by atomic mass is 10.1. The Morgan fingerprint density at radius 1 is 1.43 bits per heavy atom. The molecular formula is C9H8BrN3S. The van der Waals surface area contributed by atoms with Gasteiger partial charge in [0, 0.05) is 28.4 Å². The van der Waals surface area contributed by atoms with Crippen molar-refractivity contribution in [3.63, 3.8) is 0 Å². The Kier molecular flexibility index (Phi) is 2.90. The molecule has 5 heteroatoms. The summed E-state index contributed by atoms with van der Waals surface area (Å²) in [7, 11) is 0. The molecule has 1 atom stereocenters. The van der Waals surface area contributed by atoms with Crippen LogP contribution in [0.3, 0.4) is 0 Å². The molecule has 0 saturated heterocycles. The van der Waals surface area contributed by atoms with Crippen molar-refractivity contribution in [3.8, 4) is 0 Å². The predicted molar refractivity (Wildman–Crippen MR) is 60.1 cm³/mol. The molecule has 3 nitrogen and oxygen atoms in total. The fraction of sp³-hybridized carbons (Fsp3) is 0.111. The van der Waals surface area contributed by atoms with Crippen molar-refractivity contribution >= 4 is 27.3 Å². The Labute approximate surface area is 94.1 Å². The summed E-state index contributed by atoms with van der Waals surface area (Å²) in [4.78, 5) is 8.24. The molecule has 2 rings (SSSR count). The molecule has 0 spiro atoms. The van der Waals surface area contributed by atoms with Crippen molar-refractivity contribution in [1.82, 2.24) is 9.97 Å². The van der Waals surface area contributed by atoms with Crippen LogP contribution in [-0.4, -0.2) is 9.97 Å². The van der Waals surface area contributed by atoms with Crippen LogP contribution in [0.15, 0.2) is 34.5 Å². The Hall–Kier alpha value is -0.780. The molecule has 0 saturated carbocycles. The van der Waals surface area contributed by atoms with E-state index in [1.165, 1.54) is 0 Å². The monoisotopic (exact) mass is 269 g/mol. The quantitative estimate of drug-likeness (QED) is 0.911. The first-order valence-electron chi connectivity index (χ1n) is 4.03. The topological polar surface area (TPSA) is 51.8 Å². The van der Waals surface area contributed by atoms with Crippen LogP contribution in [0.4, 0.5) is 0 Å². The summed E-state index contributed by atoms with van der Waals surface area (Å²) in [5, 5.41) is 2.82. The summed E-state index contributed by atoms with van der Waals surface area (Å²) in [5.74, 6) is 0. The lowest BCUT2D eigenvalue weighted by Gasteiger charge is -2.07. The number of rotatable bonds is 2. The Balaban J connectivity index is 2.32. The van der Waals surface area contributed by atoms with E-state index in [9.17, 15) is 0 Å². The third kappa shape index (κ3) is 2.00. The van der Waals surface area contributed by atoms with Crippen molar-refractivity contribution in [2.45, 2.75) is 6.04 Å². The van der Waals surface area contributed by atoms with Crippen LogP contribution in [0.5, 0.6) is 0 Å². The van der Waals surface area contributed by atoms with Crippen LogP contribution in [0, 0.1) is 0 Å². The number of aromatic nitrogens is 2. The van der Waals surface area contributed by atoms with E-state index in [0.29, 0.717) is 0 Å².